The monoisotopic (exact) mass is 236 g/mol. The van der Waals surface area contributed by atoms with Crippen LogP contribution >= 0.6 is 0 Å². The lowest BCUT2D eigenvalue weighted by Gasteiger charge is -2.45. The first-order chi connectivity index (χ1) is 8.01. The average Bonchev–Trinajstić information content (AvgIpc) is 3.10. The molecule has 1 heterocycles. The van der Waals surface area contributed by atoms with Crippen molar-refractivity contribution < 1.29 is 9.59 Å². The number of amides is 2. The molecule has 0 bridgehead atoms. The molecule has 2 rings (SSSR count). The van der Waals surface area contributed by atoms with E-state index >= 15 is 0 Å². The molecule has 0 aromatic heterocycles. The van der Waals surface area contributed by atoms with Gasteiger partial charge in [-0.25, -0.2) is 0 Å². The molecule has 4 nitrogen and oxygen atoms in total. The van der Waals surface area contributed by atoms with Crippen molar-refractivity contribution in [2.24, 2.45) is 5.92 Å². The zero-order valence-corrected chi connectivity index (χ0v) is 10.7. The predicted octanol–water partition coefficient (Wildman–Crippen LogP) is 1.08. The molecule has 0 radical (unpaired) electrons. The highest BCUT2D eigenvalue weighted by molar-refractivity contribution is 5.99. The Morgan fingerprint density at radius 2 is 2.12 bits per heavy atom. The minimum absolute atomic E-state index is 0.00315. The van der Waals surface area contributed by atoms with Gasteiger partial charge in [0.15, 0.2) is 0 Å². The van der Waals surface area contributed by atoms with E-state index in [-0.39, 0.29) is 11.8 Å². The van der Waals surface area contributed by atoms with Crippen LogP contribution in [0.4, 0.5) is 0 Å². The normalized spacial score (nSPS) is 34.3. The van der Waals surface area contributed by atoms with Gasteiger partial charge in [-0.1, -0.05) is 12.2 Å². The summed E-state index contributed by atoms with van der Waals surface area (Å²) >= 11 is 0. The van der Waals surface area contributed by atoms with Crippen molar-refractivity contribution in [3.63, 3.8) is 0 Å². The first kappa shape index (κ1) is 12.1. The molecule has 1 aliphatic carbocycles. The number of nitrogens with zero attached hydrogens (tertiary/aromatic N) is 1. The standard InChI is InChI=1S/C13H20N2O2/c1-4-5-8-15-11(16)9(2)14-12(17)13(15,3)10-6-7-10/h4-5,9-10H,6-8H2,1-3H3,(H,14,17)/b5-4+. The summed E-state index contributed by atoms with van der Waals surface area (Å²) in [5, 5.41) is 2.79. The molecule has 17 heavy (non-hydrogen) atoms. The fraction of sp³-hybridized carbons (Fsp3) is 0.692. The molecular weight excluding hydrogens is 216 g/mol. The molecule has 2 amide bonds. The molecule has 0 aromatic carbocycles. The van der Waals surface area contributed by atoms with Gasteiger partial charge >= 0.3 is 0 Å². The van der Waals surface area contributed by atoms with E-state index in [0.29, 0.717) is 12.5 Å². The van der Waals surface area contributed by atoms with Gasteiger partial charge in [0.05, 0.1) is 0 Å². The Kier molecular flexibility index (Phi) is 2.98. The summed E-state index contributed by atoms with van der Waals surface area (Å²) in [6, 6.07) is -0.403. The molecule has 4 heteroatoms. The lowest BCUT2D eigenvalue weighted by Crippen LogP contribution is -2.69. The van der Waals surface area contributed by atoms with Gasteiger partial charge in [0.25, 0.3) is 0 Å². The topological polar surface area (TPSA) is 49.4 Å². The van der Waals surface area contributed by atoms with Crippen LogP contribution in [0.2, 0.25) is 0 Å². The number of carbonyl (C=O) groups excluding carboxylic acids is 2. The van der Waals surface area contributed by atoms with Crippen molar-refractivity contribution in [1.82, 2.24) is 10.2 Å². The number of hydrogen-bond acceptors (Lipinski definition) is 2. The lowest BCUT2D eigenvalue weighted by molar-refractivity contribution is -0.156. The molecule has 94 valence electrons. The summed E-state index contributed by atoms with van der Waals surface area (Å²) in [6.07, 6.45) is 5.93. The highest BCUT2D eigenvalue weighted by Gasteiger charge is 2.55. The predicted molar refractivity (Wildman–Crippen MR) is 65.3 cm³/mol. The summed E-state index contributed by atoms with van der Waals surface area (Å²) in [5.41, 5.74) is -0.650. The van der Waals surface area contributed by atoms with Gasteiger partial charge in [-0.3, -0.25) is 9.59 Å². The van der Waals surface area contributed by atoms with E-state index in [2.05, 4.69) is 5.32 Å². The van der Waals surface area contributed by atoms with Gasteiger partial charge in [0, 0.05) is 6.54 Å². The van der Waals surface area contributed by atoms with Crippen LogP contribution in [0.1, 0.15) is 33.6 Å². The first-order valence-corrected chi connectivity index (χ1v) is 6.25. The molecule has 1 saturated carbocycles. The van der Waals surface area contributed by atoms with Crippen LogP contribution in [0.15, 0.2) is 12.2 Å². The molecule has 0 aromatic rings. The largest absolute Gasteiger partial charge is 0.343 e. The Labute approximate surface area is 102 Å². The minimum atomic E-state index is -0.650. The fourth-order valence-corrected chi connectivity index (χ4v) is 2.53. The van der Waals surface area contributed by atoms with Crippen molar-refractivity contribution in [3.05, 3.63) is 12.2 Å². The number of allylic oxidation sites excluding steroid dienone is 1. The van der Waals surface area contributed by atoms with Gasteiger partial charge in [-0.05, 0) is 39.5 Å². The van der Waals surface area contributed by atoms with E-state index in [1.54, 1.807) is 11.8 Å². The number of rotatable bonds is 3. The van der Waals surface area contributed by atoms with Gasteiger partial charge in [0.2, 0.25) is 11.8 Å². The molecule has 1 aliphatic heterocycles. The summed E-state index contributed by atoms with van der Waals surface area (Å²) < 4.78 is 0. The third-order valence-corrected chi connectivity index (χ3v) is 3.90. The third-order valence-electron chi connectivity index (χ3n) is 3.90. The molecule has 2 unspecified atom stereocenters. The Bertz CT molecular complexity index is 374. The molecule has 2 fully saturated rings. The average molecular weight is 236 g/mol. The first-order valence-electron chi connectivity index (χ1n) is 6.25. The van der Waals surface area contributed by atoms with E-state index in [1.807, 2.05) is 26.0 Å². The van der Waals surface area contributed by atoms with E-state index in [9.17, 15) is 9.59 Å². The second-order valence-corrected chi connectivity index (χ2v) is 5.13. The smallest absolute Gasteiger partial charge is 0.246 e. The molecule has 1 N–H and O–H groups in total. The molecular formula is C13H20N2O2. The van der Waals surface area contributed by atoms with Crippen LogP contribution in [-0.4, -0.2) is 34.8 Å². The quantitative estimate of drug-likeness (QED) is 0.745. The zero-order valence-electron chi connectivity index (χ0n) is 10.7. The van der Waals surface area contributed by atoms with Crippen molar-refractivity contribution in [3.8, 4) is 0 Å². The number of nitrogens with one attached hydrogen (secondary N) is 1. The van der Waals surface area contributed by atoms with E-state index < -0.39 is 11.6 Å². The number of piperazine rings is 1. The Hall–Kier alpha value is -1.32. The SMILES string of the molecule is C/C=C/CN1C(=O)C(C)NC(=O)C1(C)C1CC1. The maximum absolute atomic E-state index is 12.2. The Morgan fingerprint density at radius 3 is 2.65 bits per heavy atom. The van der Waals surface area contributed by atoms with Crippen LogP contribution in [0.25, 0.3) is 0 Å². The van der Waals surface area contributed by atoms with Gasteiger partial charge in [0.1, 0.15) is 11.6 Å². The maximum atomic E-state index is 12.2. The highest BCUT2D eigenvalue weighted by atomic mass is 16.2. The van der Waals surface area contributed by atoms with Crippen LogP contribution in [0.3, 0.4) is 0 Å². The number of carbonyl (C=O) groups is 2. The van der Waals surface area contributed by atoms with E-state index in [4.69, 9.17) is 0 Å². The van der Waals surface area contributed by atoms with Crippen LogP contribution < -0.4 is 5.32 Å². The Balaban J connectivity index is 2.30. The lowest BCUT2D eigenvalue weighted by atomic mass is 9.88. The van der Waals surface area contributed by atoms with E-state index in [1.165, 1.54) is 0 Å². The van der Waals surface area contributed by atoms with Crippen LogP contribution in [0, 0.1) is 5.92 Å². The second-order valence-electron chi connectivity index (χ2n) is 5.13. The van der Waals surface area contributed by atoms with Crippen molar-refractivity contribution in [2.75, 3.05) is 6.54 Å². The van der Waals surface area contributed by atoms with Gasteiger partial charge in [-0.2, -0.15) is 0 Å². The Morgan fingerprint density at radius 1 is 1.47 bits per heavy atom. The number of hydrogen-bond donors (Lipinski definition) is 1. The van der Waals surface area contributed by atoms with Crippen molar-refractivity contribution >= 4 is 11.8 Å². The summed E-state index contributed by atoms with van der Waals surface area (Å²) in [6.45, 7) is 6.09. The summed E-state index contributed by atoms with van der Waals surface area (Å²) in [7, 11) is 0. The summed E-state index contributed by atoms with van der Waals surface area (Å²) in [4.78, 5) is 26.1. The van der Waals surface area contributed by atoms with E-state index in [0.717, 1.165) is 12.8 Å². The molecule has 0 spiro atoms. The van der Waals surface area contributed by atoms with Crippen molar-refractivity contribution in [2.45, 2.75) is 45.2 Å². The third kappa shape index (κ3) is 1.85. The van der Waals surface area contributed by atoms with Gasteiger partial charge in [-0.15, -0.1) is 0 Å². The van der Waals surface area contributed by atoms with Crippen LogP contribution in [0.5, 0.6) is 0 Å². The molecule has 2 atom stereocenters. The summed E-state index contributed by atoms with van der Waals surface area (Å²) in [5.74, 6) is 0.345. The van der Waals surface area contributed by atoms with Crippen molar-refractivity contribution in [1.29, 1.82) is 0 Å². The van der Waals surface area contributed by atoms with Crippen LogP contribution in [-0.2, 0) is 9.59 Å². The minimum Gasteiger partial charge on any atom is -0.343 e. The molecule has 1 saturated heterocycles. The maximum Gasteiger partial charge on any atom is 0.246 e. The van der Waals surface area contributed by atoms with Gasteiger partial charge < -0.3 is 10.2 Å². The highest BCUT2D eigenvalue weighted by Crippen LogP contribution is 2.44. The molecule has 2 aliphatic rings. The second kappa shape index (κ2) is 4.17. The zero-order chi connectivity index (χ0) is 12.6. The fourth-order valence-electron chi connectivity index (χ4n) is 2.53.